The highest BCUT2D eigenvalue weighted by Gasteiger charge is 2.08. The van der Waals surface area contributed by atoms with E-state index < -0.39 is 5.97 Å². The Hall–Kier alpha value is -2.21. The fourth-order valence-electron chi connectivity index (χ4n) is 1.22. The summed E-state index contributed by atoms with van der Waals surface area (Å²) < 4.78 is 0. The van der Waals surface area contributed by atoms with Crippen molar-refractivity contribution < 1.29 is 14.7 Å². The number of aromatic nitrogens is 1. The number of aromatic carboxylic acids is 1. The van der Waals surface area contributed by atoms with E-state index in [9.17, 15) is 9.59 Å². The first-order chi connectivity index (χ1) is 8.16. The third-order valence-electron chi connectivity index (χ3n) is 2.02. The molecule has 0 aliphatic heterocycles. The number of anilines is 1. The van der Waals surface area contributed by atoms with Crippen molar-refractivity contribution in [1.82, 2.24) is 4.98 Å². The number of benzene rings is 1. The Kier molecular flexibility index (Phi) is 3.15. The molecule has 0 spiro atoms. The summed E-state index contributed by atoms with van der Waals surface area (Å²) in [4.78, 5) is 26.1. The maximum absolute atomic E-state index is 11.6. The van der Waals surface area contributed by atoms with Crippen molar-refractivity contribution in [3.63, 3.8) is 0 Å². The minimum Gasteiger partial charge on any atom is -0.478 e. The van der Waals surface area contributed by atoms with Crippen LogP contribution >= 0.6 is 11.3 Å². The summed E-state index contributed by atoms with van der Waals surface area (Å²) in [7, 11) is 0. The average Bonchev–Trinajstić information content (AvgIpc) is 2.83. The van der Waals surface area contributed by atoms with E-state index in [1.54, 1.807) is 11.6 Å². The van der Waals surface area contributed by atoms with Crippen LogP contribution in [0.15, 0.2) is 35.8 Å². The highest BCUT2D eigenvalue weighted by molar-refractivity contribution is 7.11. The number of carbonyl (C=O) groups excluding carboxylic acids is 1. The maximum atomic E-state index is 11.6. The molecular formula is C11H8N2O3S. The van der Waals surface area contributed by atoms with Gasteiger partial charge in [-0.05, 0) is 24.3 Å². The largest absolute Gasteiger partial charge is 0.478 e. The van der Waals surface area contributed by atoms with Crippen LogP contribution < -0.4 is 5.32 Å². The Bertz CT molecular complexity index is 534. The SMILES string of the molecule is O=C(O)c1ccc(NC(=O)c2nccs2)cc1. The highest BCUT2D eigenvalue weighted by atomic mass is 32.1. The second kappa shape index (κ2) is 4.75. The lowest BCUT2D eigenvalue weighted by Crippen LogP contribution is -2.11. The smallest absolute Gasteiger partial charge is 0.335 e. The molecule has 2 aromatic rings. The van der Waals surface area contributed by atoms with Crippen molar-refractivity contribution in [1.29, 1.82) is 0 Å². The zero-order valence-electron chi connectivity index (χ0n) is 8.58. The molecule has 1 aromatic heterocycles. The average molecular weight is 248 g/mol. The molecule has 0 fully saturated rings. The summed E-state index contributed by atoms with van der Waals surface area (Å²) in [5.41, 5.74) is 0.715. The topological polar surface area (TPSA) is 79.3 Å². The number of nitrogens with zero attached hydrogens (tertiary/aromatic N) is 1. The van der Waals surface area contributed by atoms with Crippen LogP contribution in [0.5, 0.6) is 0 Å². The van der Waals surface area contributed by atoms with Crippen molar-refractivity contribution in [2.45, 2.75) is 0 Å². The summed E-state index contributed by atoms with van der Waals surface area (Å²) in [6, 6.07) is 5.93. The number of hydrogen-bond donors (Lipinski definition) is 2. The van der Waals surface area contributed by atoms with E-state index in [0.29, 0.717) is 10.7 Å². The number of rotatable bonds is 3. The van der Waals surface area contributed by atoms with E-state index in [4.69, 9.17) is 5.11 Å². The Balaban J connectivity index is 2.09. The molecule has 1 amide bonds. The molecule has 86 valence electrons. The highest BCUT2D eigenvalue weighted by Crippen LogP contribution is 2.12. The summed E-state index contributed by atoms with van der Waals surface area (Å²) in [6.07, 6.45) is 1.55. The molecule has 6 heteroatoms. The second-order valence-corrected chi connectivity index (χ2v) is 4.07. The lowest BCUT2D eigenvalue weighted by molar-refractivity contribution is 0.0696. The molecule has 1 aromatic carbocycles. The van der Waals surface area contributed by atoms with E-state index in [0.717, 1.165) is 0 Å². The van der Waals surface area contributed by atoms with Gasteiger partial charge < -0.3 is 10.4 Å². The van der Waals surface area contributed by atoms with Crippen molar-refractivity contribution in [2.24, 2.45) is 0 Å². The van der Waals surface area contributed by atoms with Crippen LogP contribution in [0.4, 0.5) is 5.69 Å². The maximum Gasteiger partial charge on any atom is 0.335 e. The van der Waals surface area contributed by atoms with E-state index in [1.165, 1.54) is 35.6 Å². The second-order valence-electron chi connectivity index (χ2n) is 3.17. The third-order valence-corrected chi connectivity index (χ3v) is 2.79. The van der Waals surface area contributed by atoms with Gasteiger partial charge in [-0.2, -0.15) is 0 Å². The van der Waals surface area contributed by atoms with Gasteiger partial charge in [-0.25, -0.2) is 9.78 Å². The molecule has 0 unspecified atom stereocenters. The van der Waals surface area contributed by atoms with Gasteiger partial charge in [0, 0.05) is 17.3 Å². The van der Waals surface area contributed by atoms with Gasteiger partial charge in [0.15, 0.2) is 5.01 Å². The molecule has 0 saturated heterocycles. The van der Waals surface area contributed by atoms with E-state index in [-0.39, 0.29) is 11.5 Å². The minimum atomic E-state index is -0.997. The van der Waals surface area contributed by atoms with Gasteiger partial charge in [0.2, 0.25) is 0 Å². The van der Waals surface area contributed by atoms with E-state index in [1.807, 2.05) is 0 Å². The van der Waals surface area contributed by atoms with Crippen LogP contribution in [0.3, 0.4) is 0 Å². The molecule has 2 rings (SSSR count). The molecule has 0 atom stereocenters. The van der Waals surface area contributed by atoms with Crippen molar-refractivity contribution in [3.8, 4) is 0 Å². The summed E-state index contributed by atoms with van der Waals surface area (Å²) >= 11 is 1.24. The molecule has 1 heterocycles. The zero-order valence-corrected chi connectivity index (χ0v) is 9.40. The fourth-order valence-corrected chi connectivity index (χ4v) is 1.75. The Morgan fingerprint density at radius 1 is 1.24 bits per heavy atom. The number of thiazole rings is 1. The number of carbonyl (C=O) groups is 2. The number of amides is 1. The predicted molar refractivity (Wildman–Crippen MR) is 63.5 cm³/mol. The van der Waals surface area contributed by atoms with Gasteiger partial charge in [-0.15, -0.1) is 11.3 Å². The Morgan fingerprint density at radius 2 is 1.94 bits per heavy atom. The van der Waals surface area contributed by atoms with Gasteiger partial charge in [0.25, 0.3) is 5.91 Å². The van der Waals surface area contributed by atoms with Crippen LogP contribution in [-0.2, 0) is 0 Å². The molecule has 0 aliphatic rings. The quantitative estimate of drug-likeness (QED) is 0.871. The number of nitrogens with one attached hydrogen (secondary N) is 1. The molecule has 0 radical (unpaired) electrons. The fraction of sp³-hybridized carbons (Fsp3) is 0. The van der Waals surface area contributed by atoms with Crippen LogP contribution in [0.2, 0.25) is 0 Å². The number of carboxylic acids is 1. The van der Waals surface area contributed by atoms with Crippen LogP contribution in [-0.4, -0.2) is 22.0 Å². The van der Waals surface area contributed by atoms with Gasteiger partial charge in [-0.1, -0.05) is 0 Å². The molecule has 0 bridgehead atoms. The van der Waals surface area contributed by atoms with E-state index >= 15 is 0 Å². The standard InChI is InChI=1S/C11H8N2O3S/c14-9(10-12-5-6-17-10)13-8-3-1-7(2-4-8)11(15)16/h1-6H,(H,13,14)(H,15,16). The first-order valence-electron chi connectivity index (χ1n) is 4.71. The molecule has 2 N–H and O–H groups in total. The van der Waals surface area contributed by atoms with Gasteiger partial charge >= 0.3 is 5.97 Å². The van der Waals surface area contributed by atoms with Gasteiger partial charge in [0.1, 0.15) is 0 Å². The number of carboxylic acid groups (broad SMARTS) is 1. The summed E-state index contributed by atoms with van der Waals surface area (Å²) in [6.45, 7) is 0. The number of hydrogen-bond acceptors (Lipinski definition) is 4. The normalized spacial score (nSPS) is 9.88. The Labute approximate surface area is 101 Å². The minimum absolute atomic E-state index is 0.178. The van der Waals surface area contributed by atoms with Crippen LogP contribution in [0, 0.1) is 0 Å². The molecule has 5 nitrogen and oxygen atoms in total. The van der Waals surface area contributed by atoms with Gasteiger partial charge in [-0.3, -0.25) is 4.79 Å². The first kappa shape index (κ1) is 11.3. The van der Waals surface area contributed by atoms with Crippen molar-refractivity contribution >= 4 is 28.9 Å². The van der Waals surface area contributed by atoms with Crippen LogP contribution in [0.1, 0.15) is 20.2 Å². The Morgan fingerprint density at radius 3 is 2.47 bits per heavy atom. The first-order valence-corrected chi connectivity index (χ1v) is 5.59. The summed E-state index contributed by atoms with van der Waals surface area (Å²) in [5.74, 6) is -1.30. The van der Waals surface area contributed by atoms with Crippen molar-refractivity contribution in [3.05, 3.63) is 46.4 Å². The molecule has 0 aliphatic carbocycles. The predicted octanol–water partition coefficient (Wildman–Crippen LogP) is 2.09. The lowest BCUT2D eigenvalue weighted by atomic mass is 10.2. The monoisotopic (exact) mass is 248 g/mol. The molecule has 0 saturated carbocycles. The van der Waals surface area contributed by atoms with Crippen molar-refractivity contribution in [2.75, 3.05) is 5.32 Å². The third kappa shape index (κ3) is 2.67. The van der Waals surface area contributed by atoms with Crippen LogP contribution in [0.25, 0.3) is 0 Å². The molecular weight excluding hydrogens is 240 g/mol. The van der Waals surface area contributed by atoms with E-state index in [2.05, 4.69) is 10.3 Å². The van der Waals surface area contributed by atoms with Gasteiger partial charge in [0.05, 0.1) is 5.56 Å². The zero-order chi connectivity index (χ0) is 12.3. The lowest BCUT2D eigenvalue weighted by Gasteiger charge is -2.02. The molecule has 17 heavy (non-hydrogen) atoms. The summed E-state index contributed by atoms with van der Waals surface area (Å²) in [5, 5.41) is 13.4.